The maximum atomic E-state index is 14.0. The van der Waals surface area contributed by atoms with Gasteiger partial charge in [0.15, 0.2) is 0 Å². The fourth-order valence-corrected chi connectivity index (χ4v) is 3.05. The van der Waals surface area contributed by atoms with Gasteiger partial charge in [-0.25, -0.2) is 22.2 Å². The molecule has 2 rings (SSSR count). The Hall–Kier alpha value is -3.01. The molecule has 0 aliphatic heterocycles. The highest BCUT2D eigenvalue weighted by Gasteiger charge is 2.09. The second kappa shape index (κ2) is 11.4. The number of rotatable bonds is 11. The molecule has 1 aromatic carbocycles. The number of aromatic nitrogens is 1. The van der Waals surface area contributed by atoms with Gasteiger partial charge in [-0.05, 0) is 42.3 Å². The zero-order valence-corrected chi connectivity index (χ0v) is 18.1. The summed E-state index contributed by atoms with van der Waals surface area (Å²) in [4.78, 5) is 16.2. The highest BCUT2D eigenvalue weighted by Crippen LogP contribution is 2.19. The highest BCUT2D eigenvalue weighted by molar-refractivity contribution is 7.92. The average molecular weight is 454 g/mol. The Balaban J connectivity index is 2.00. The van der Waals surface area contributed by atoms with Crippen LogP contribution in [-0.4, -0.2) is 32.2 Å². The van der Waals surface area contributed by atoms with E-state index < -0.39 is 28.4 Å². The molecule has 0 radical (unpaired) electrons. The maximum Gasteiger partial charge on any atom is 0.244 e. The lowest BCUT2D eigenvalue weighted by Crippen LogP contribution is -2.20. The molecule has 0 aliphatic carbocycles. The molecule has 1 aromatic heterocycles. The summed E-state index contributed by atoms with van der Waals surface area (Å²) in [7, 11) is -3.59. The number of nitrogens with zero attached hydrogens (tertiary/aromatic N) is 1. The summed E-state index contributed by atoms with van der Waals surface area (Å²) < 4.78 is 56.9. The zero-order chi connectivity index (χ0) is 22.9. The van der Waals surface area contributed by atoms with Crippen LogP contribution < -0.4 is 14.8 Å². The molecule has 0 saturated carbocycles. The van der Waals surface area contributed by atoms with Crippen molar-refractivity contribution < 1.29 is 26.7 Å². The van der Waals surface area contributed by atoms with E-state index in [0.717, 1.165) is 25.2 Å². The predicted octanol–water partition coefficient (Wildman–Crippen LogP) is 3.57. The summed E-state index contributed by atoms with van der Waals surface area (Å²) >= 11 is 0. The lowest BCUT2D eigenvalue weighted by molar-refractivity contribution is -0.116. The van der Waals surface area contributed by atoms with Crippen LogP contribution in [0.25, 0.3) is 6.08 Å². The van der Waals surface area contributed by atoms with Gasteiger partial charge in [0.2, 0.25) is 21.8 Å². The summed E-state index contributed by atoms with van der Waals surface area (Å²) in [6.45, 7) is 1.77. The number of hydrogen-bond acceptors (Lipinski definition) is 5. The Labute approximate surface area is 180 Å². The van der Waals surface area contributed by atoms with E-state index in [1.54, 1.807) is 6.07 Å². The highest BCUT2D eigenvalue weighted by atomic mass is 32.2. The van der Waals surface area contributed by atoms with Gasteiger partial charge in [-0.3, -0.25) is 9.52 Å². The number of halogens is 2. The molecule has 0 bridgehead atoms. The predicted molar refractivity (Wildman–Crippen MR) is 115 cm³/mol. The number of benzene rings is 1. The van der Waals surface area contributed by atoms with Crippen molar-refractivity contribution in [1.29, 1.82) is 0 Å². The van der Waals surface area contributed by atoms with Crippen LogP contribution in [-0.2, 0) is 28.0 Å². The van der Waals surface area contributed by atoms with Crippen molar-refractivity contribution in [1.82, 2.24) is 10.3 Å². The lowest BCUT2D eigenvalue weighted by atomic mass is 10.2. The number of carbonyl (C=O) groups excluding carboxylic acids is 1. The average Bonchev–Trinajstić information content (AvgIpc) is 2.72. The fraction of sp³-hybridized carbons (Fsp3) is 0.333. The molecular formula is C21H25F2N3O4S. The molecule has 1 amide bonds. The molecule has 0 atom stereocenters. The van der Waals surface area contributed by atoms with Crippen LogP contribution in [0, 0.1) is 5.82 Å². The van der Waals surface area contributed by atoms with Gasteiger partial charge in [0.1, 0.15) is 12.5 Å². The van der Waals surface area contributed by atoms with Crippen molar-refractivity contribution in [3.63, 3.8) is 0 Å². The molecule has 0 fully saturated rings. The maximum absolute atomic E-state index is 14.0. The molecule has 31 heavy (non-hydrogen) atoms. The summed E-state index contributed by atoms with van der Waals surface area (Å²) in [5, 5.41) is 2.61. The Morgan fingerprint density at radius 3 is 2.68 bits per heavy atom. The van der Waals surface area contributed by atoms with Crippen molar-refractivity contribution in [2.75, 3.05) is 17.6 Å². The van der Waals surface area contributed by atoms with Gasteiger partial charge >= 0.3 is 0 Å². The van der Waals surface area contributed by atoms with Gasteiger partial charge < -0.3 is 10.1 Å². The van der Waals surface area contributed by atoms with E-state index in [-0.39, 0.29) is 23.8 Å². The summed E-state index contributed by atoms with van der Waals surface area (Å²) in [5.74, 6) is -0.933. The van der Waals surface area contributed by atoms with Crippen LogP contribution in [0.5, 0.6) is 5.88 Å². The van der Waals surface area contributed by atoms with Gasteiger partial charge in [-0.1, -0.05) is 19.4 Å². The first kappa shape index (κ1) is 24.3. The first-order chi connectivity index (χ1) is 14.7. The van der Waals surface area contributed by atoms with E-state index in [0.29, 0.717) is 17.7 Å². The van der Waals surface area contributed by atoms with Gasteiger partial charge in [0, 0.05) is 18.2 Å². The van der Waals surface area contributed by atoms with Crippen LogP contribution in [0.2, 0.25) is 0 Å². The Morgan fingerprint density at radius 1 is 1.26 bits per heavy atom. The number of pyridine rings is 1. The minimum atomic E-state index is -3.59. The van der Waals surface area contributed by atoms with Crippen molar-refractivity contribution in [2.24, 2.45) is 0 Å². The molecular weight excluding hydrogens is 428 g/mol. The zero-order valence-electron chi connectivity index (χ0n) is 17.3. The monoisotopic (exact) mass is 453 g/mol. The van der Waals surface area contributed by atoms with Gasteiger partial charge in [-0.2, -0.15) is 0 Å². The number of unbranched alkanes of at least 4 members (excludes halogenated alkanes) is 1. The minimum Gasteiger partial charge on any atom is -0.477 e. The number of sulfonamides is 1. The molecule has 0 saturated heterocycles. The SMILES string of the molecule is CCCCOc1nc(CF)ccc1/C=C/C(=O)NCc1ccc(NS(C)(=O)=O)c(F)c1. The largest absolute Gasteiger partial charge is 0.477 e. The lowest BCUT2D eigenvalue weighted by Gasteiger charge is -2.09. The molecule has 0 spiro atoms. The third-order valence-electron chi connectivity index (χ3n) is 4.03. The minimum absolute atomic E-state index is 0.0398. The molecule has 10 heteroatoms. The standard InChI is InChI=1S/C21H25F2N3O4S/c1-3-4-11-30-21-16(6-8-17(13-22)25-21)7-10-20(27)24-14-15-5-9-19(18(23)12-15)26-31(2,28)29/h5-10,12,26H,3-4,11,13-14H2,1-2H3,(H,24,27)/b10-7+. The van der Waals surface area contributed by atoms with Crippen LogP contribution >= 0.6 is 0 Å². The molecule has 2 aromatic rings. The number of alkyl halides is 1. The number of amides is 1. The topological polar surface area (TPSA) is 97.4 Å². The summed E-state index contributed by atoms with van der Waals surface area (Å²) in [6, 6.07) is 7.05. The number of hydrogen-bond donors (Lipinski definition) is 2. The Bertz CT molecular complexity index is 1040. The molecule has 0 unspecified atom stereocenters. The molecule has 168 valence electrons. The number of anilines is 1. The fourth-order valence-electron chi connectivity index (χ4n) is 2.48. The van der Waals surface area contributed by atoms with Crippen LogP contribution in [0.1, 0.15) is 36.6 Å². The third kappa shape index (κ3) is 8.33. The number of carbonyl (C=O) groups is 1. The van der Waals surface area contributed by atoms with E-state index in [1.807, 2.05) is 6.92 Å². The second-order valence-electron chi connectivity index (χ2n) is 6.77. The quantitative estimate of drug-likeness (QED) is 0.400. The van der Waals surface area contributed by atoms with E-state index >= 15 is 0 Å². The van der Waals surface area contributed by atoms with Crippen molar-refractivity contribution in [3.8, 4) is 5.88 Å². The summed E-state index contributed by atoms with van der Waals surface area (Å²) in [5.41, 5.74) is 1.06. The molecule has 7 nitrogen and oxygen atoms in total. The van der Waals surface area contributed by atoms with E-state index in [1.165, 1.54) is 30.4 Å². The second-order valence-corrected chi connectivity index (χ2v) is 8.52. The van der Waals surface area contributed by atoms with Crippen LogP contribution in [0.3, 0.4) is 0 Å². The van der Waals surface area contributed by atoms with E-state index in [9.17, 15) is 22.0 Å². The van der Waals surface area contributed by atoms with E-state index in [4.69, 9.17) is 4.74 Å². The Kier molecular flexibility index (Phi) is 8.92. The normalized spacial score (nSPS) is 11.5. The number of ether oxygens (including phenoxy) is 1. The number of nitrogens with one attached hydrogen (secondary N) is 2. The molecule has 0 aliphatic rings. The molecule has 1 heterocycles. The van der Waals surface area contributed by atoms with Crippen LogP contribution in [0.4, 0.5) is 14.5 Å². The van der Waals surface area contributed by atoms with Crippen LogP contribution in [0.15, 0.2) is 36.4 Å². The summed E-state index contributed by atoms with van der Waals surface area (Å²) in [6.07, 6.45) is 5.45. The smallest absolute Gasteiger partial charge is 0.244 e. The van der Waals surface area contributed by atoms with E-state index in [2.05, 4.69) is 15.0 Å². The Morgan fingerprint density at radius 2 is 2.03 bits per heavy atom. The van der Waals surface area contributed by atoms with Gasteiger partial charge in [-0.15, -0.1) is 0 Å². The van der Waals surface area contributed by atoms with Crippen molar-refractivity contribution in [2.45, 2.75) is 33.0 Å². The first-order valence-corrected chi connectivity index (χ1v) is 11.5. The van der Waals surface area contributed by atoms with Crippen molar-refractivity contribution >= 4 is 27.7 Å². The third-order valence-corrected chi connectivity index (χ3v) is 4.62. The van der Waals surface area contributed by atoms with Crippen molar-refractivity contribution in [3.05, 3.63) is 59.0 Å². The van der Waals surface area contributed by atoms with Gasteiger partial charge in [0.05, 0.1) is 24.2 Å². The van der Waals surface area contributed by atoms with Gasteiger partial charge in [0.25, 0.3) is 0 Å². The molecule has 2 N–H and O–H groups in total. The first-order valence-electron chi connectivity index (χ1n) is 9.62.